The highest BCUT2D eigenvalue weighted by atomic mass is 32.2. The normalized spacial score (nSPS) is 10.8. The molecule has 0 unspecified atom stereocenters. The standard InChI is InChI=1S/C15H19N5O.2CH4O3S/c1-3-12(4-2)18-15(21)20-13-7-10-17-14(19-13)11-5-8-16-9-6-11;2*1-5(2,3)4/h5-10,12H,3-4H2,1-2H3,(H2,17,18,19,20,21);2*1H3,(H,2,3,4). The molecule has 4 N–H and O–H groups in total. The maximum atomic E-state index is 11.9. The number of hydrogen-bond acceptors (Lipinski definition) is 8. The molecule has 0 fully saturated rings. The molecular weight excluding hydrogens is 450 g/mol. The van der Waals surface area contributed by atoms with Gasteiger partial charge in [0.25, 0.3) is 20.2 Å². The predicted molar refractivity (Wildman–Crippen MR) is 117 cm³/mol. The summed E-state index contributed by atoms with van der Waals surface area (Å²) in [6.45, 7) is 4.08. The molecule has 31 heavy (non-hydrogen) atoms. The predicted octanol–water partition coefficient (Wildman–Crippen LogP) is 1.86. The van der Waals surface area contributed by atoms with E-state index in [-0.39, 0.29) is 12.1 Å². The third-order valence-electron chi connectivity index (χ3n) is 3.16. The van der Waals surface area contributed by atoms with Gasteiger partial charge >= 0.3 is 6.03 Å². The summed E-state index contributed by atoms with van der Waals surface area (Å²) in [7, 11) is -7.33. The zero-order valence-electron chi connectivity index (χ0n) is 17.5. The van der Waals surface area contributed by atoms with Crippen molar-refractivity contribution in [1.82, 2.24) is 20.3 Å². The number of nitrogens with one attached hydrogen (secondary N) is 2. The lowest BCUT2D eigenvalue weighted by molar-refractivity contribution is 0.247. The smallest absolute Gasteiger partial charge is 0.320 e. The zero-order chi connectivity index (χ0) is 24.1. The Morgan fingerprint density at radius 3 is 1.90 bits per heavy atom. The van der Waals surface area contributed by atoms with Gasteiger partial charge in [0.1, 0.15) is 5.82 Å². The van der Waals surface area contributed by atoms with Crippen LogP contribution in [0.3, 0.4) is 0 Å². The van der Waals surface area contributed by atoms with Crippen LogP contribution in [0.4, 0.5) is 10.6 Å². The summed E-state index contributed by atoms with van der Waals surface area (Å²) in [5.41, 5.74) is 0.856. The van der Waals surface area contributed by atoms with E-state index in [0.29, 0.717) is 24.2 Å². The molecule has 2 aromatic rings. The van der Waals surface area contributed by atoms with Crippen molar-refractivity contribution in [2.24, 2.45) is 0 Å². The second kappa shape index (κ2) is 13.6. The summed E-state index contributed by atoms with van der Waals surface area (Å²) in [5, 5.41) is 5.64. The lowest BCUT2D eigenvalue weighted by Gasteiger charge is -2.15. The maximum absolute atomic E-state index is 11.9. The Labute approximate surface area is 182 Å². The van der Waals surface area contributed by atoms with Gasteiger partial charge in [-0.25, -0.2) is 14.8 Å². The van der Waals surface area contributed by atoms with Crippen LogP contribution in [0.1, 0.15) is 26.7 Å². The molecule has 2 heterocycles. The molecule has 0 atom stereocenters. The molecule has 0 saturated carbocycles. The van der Waals surface area contributed by atoms with Gasteiger partial charge in [0.05, 0.1) is 12.5 Å². The summed E-state index contributed by atoms with van der Waals surface area (Å²) in [6, 6.07) is 5.23. The van der Waals surface area contributed by atoms with Crippen LogP contribution in [-0.2, 0) is 20.2 Å². The van der Waals surface area contributed by atoms with Gasteiger partial charge in [0.15, 0.2) is 5.82 Å². The van der Waals surface area contributed by atoms with E-state index in [4.69, 9.17) is 9.11 Å². The first kappa shape index (κ1) is 28.3. The molecule has 2 amide bonds. The number of carbonyl (C=O) groups excluding carboxylic acids is 1. The van der Waals surface area contributed by atoms with Crippen molar-refractivity contribution in [2.75, 3.05) is 17.8 Å². The van der Waals surface area contributed by atoms with Crippen molar-refractivity contribution < 1.29 is 30.7 Å². The Morgan fingerprint density at radius 2 is 1.45 bits per heavy atom. The molecule has 2 aromatic heterocycles. The molecule has 0 aliphatic heterocycles. The maximum Gasteiger partial charge on any atom is 0.320 e. The average Bonchev–Trinajstić information content (AvgIpc) is 2.64. The number of anilines is 1. The lowest BCUT2D eigenvalue weighted by atomic mass is 10.2. The molecule has 174 valence electrons. The van der Waals surface area contributed by atoms with E-state index in [1.54, 1.807) is 24.7 Å². The molecule has 0 aliphatic carbocycles. The van der Waals surface area contributed by atoms with Crippen molar-refractivity contribution in [3.05, 3.63) is 36.8 Å². The average molecular weight is 478 g/mol. The summed E-state index contributed by atoms with van der Waals surface area (Å²) >= 11 is 0. The van der Waals surface area contributed by atoms with Gasteiger partial charge in [-0.15, -0.1) is 0 Å². The van der Waals surface area contributed by atoms with Crippen molar-refractivity contribution >= 4 is 32.1 Å². The third kappa shape index (κ3) is 17.9. The number of amides is 2. The highest BCUT2D eigenvalue weighted by molar-refractivity contribution is 7.85. The molecule has 0 aliphatic rings. The lowest BCUT2D eigenvalue weighted by Crippen LogP contribution is -2.37. The minimum Gasteiger partial charge on any atom is -0.335 e. The Kier molecular flexibility index (Phi) is 12.4. The fraction of sp³-hybridized carbons (Fsp3) is 0.412. The molecule has 0 bridgehead atoms. The van der Waals surface area contributed by atoms with E-state index >= 15 is 0 Å². The van der Waals surface area contributed by atoms with Crippen LogP contribution in [0.15, 0.2) is 36.8 Å². The van der Waals surface area contributed by atoms with E-state index in [1.165, 1.54) is 0 Å². The molecule has 12 nitrogen and oxygen atoms in total. The minimum absolute atomic E-state index is 0.173. The summed E-state index contributed by atoms with van der Waals surface area (Å²) in [4.78, 5) is 24.4. The molecule has 14 heteroatoms. The highest BCUT2D eigenvalue weighted by Crippen LogP contribution is 2.14. The molecule has 0 spiro atoms. The van der Waals surface area contributed by atoms with Crippen LogP contribution in [-0.4, -0.2) is 65.5 Å². The van der Waals surface area contributed by atoms with Crippen LogP contribution in [0.5, 0.6) is 0 Å². The zero-order valence-corrected chi connectivity index (χ0v) is 19.2. The number of urea groups is 1. The largest absolute Gasteiger partial charge is 0.335 e. The fourth-order valence-electron chi connectivity index (χ4n) is 1.90. The third-order valence-corrected chi connectivity index (χ3v) is 3.16. The van der Waals surface area contributed by atoms with E-state index in [2.05, 4.69) is 25.6 Å². The van der Waals surface area contributed by atoms with Gasteiger partial charge in [-0.2, -0.15) is 16.8 Å². The van der Waals surface area contributed by atoms with Crippen LogP contribution in [0.2, 0.25) is 0 Å². The summed E-state index contributed by atoms with van der Waals surface area (Å²) in [5.74, 6) is 1.03. The van der Waals surface area contributed by atoms with E-state index in [1.807, 2.05) is 26.0 Å². The topological polar surface area (TPSA) is 189 Å². The SMILES string of the molecule is CCC(CC)NC(=O)Nc1ccnc(-c2ccncc2)n1.CS(=O)(=O)O.CS(=O)(=O)O. The van der Waals surface area contributed by atoms with Crippen LogP contribution >= 0.6 is 0 Å². The highest BCUT2D eigenvalue weighted by Gasteiger charge is 2.09. The van der Waals surface area contributed by atoms with Crippen LogP contribution in [0.25, 0.3) is 11.4 Å². The molecule has 0 radical (unpaired) electrons. The van der Waals surface area contributed by atoms with Crippen LogP contribution < -0.4 is 10.6 Å². The van der Waals surface area contributed by atoms with Gasteiger partial charge in [-0.3, -0.25) is 19.4 Å². The van der Waals surface area contributed by atoms with Crippen molar-refractivity contribution in [3.8, 4) is 11.4 Å². The van der Waals surface area contributed by atoms with Crippen molar-refractivity contribution in [1.29, 1.82) is 0 Å². The van der Waals surface area contributed by atoms with E-state index in [9.17, 15) is 21.6 Å². The van der Waals surface area contributed by atoms with E-state index < -0.39 is 20.2 Å². The Morgan fingerprint density at radius 1 is 0.968 bits per heavy atom. The summed E-state index contributed by atoms with van der Waals surface area (Å²) in [6.07, 6.45) is 8.21. The summed E-state index contributed by atoms with van der Waals surface area (Å²) < 4.78 is 51.7. The van der Waals surface area contributed by atoms with Gasteiger partial charge in [-0.1, -0.05) is 13.8 Å². The number of pyridine rings is 1. The molecular formula is C17H27N5O7S2. The first-order valence-corrected chi connectivity index (χ1v) is 12.6. The van der Waals surface area contributed by atoms with Crippen molar-refractivity contribution in [3.63, 3.8) is 0 Å². The number of hydrogen-bond donors (Lipinski definition) is 4. The minimum atomic E-state index is -3.67. The fourth-order valence-corrected chi connectivity index (χ4v) is 1.90. The Hall–Kier alpha value is -2.68. The quantitative estimate of drug-likeness (QED) is 0.462. The Bertz CT molecular complexity index is 966. The number of rotatable bonds is 5. The first-order chi connectivity index (χ1) is 14.2. The molecule has 0 aromatic carbocycles. The van der Waals surface area contributed by atoms with Gasteiger partial charge in [0.2, 0.25) is 0 Å². The van der Waals surface area contributed by atoms with Gasteiger partial charge < -0.3 is 5.32 Å². The van der Waals surface area contributed by atoms with Gasteiger partial charge in [-0.05, 0) is 31.0 Å². The number of carbonyl (C=O) groups is 1. The molecule has 0 saturated heterocycles. The number of aromatic nitrogens is 3. The number of nitrogens with zero attached hydrogens (tertiary/aromatic N) is 3. The second-order valence-corrected chi connectivity index (χ2v) is 9.01. The molecule has 2 rings (SSSR count). The van der Waals surface area contributed by atoms with Gasteiger partial charge in [0, 0.05) is 30.2 Å². The Balaban J connectivity index is 0.000000752. The van der Waals surface area contributed by atoms with E-state index in [0.717, 1.165) is 18.4 Å². The van der Waals surface area contributed by atoms with Crippen LogP contribution in [0, 0.1) is 0 Å². The second-order valence-electron chi connectivity index (χ2n) is 6.08. The first-order valence-electron chi connectivity index (χ1n) is 8.88. The monoisotopic (exact) mass is 477 g/mol. The van der Waals surface area contributed by atoms with Crippen molar-refractivity contribution in [2.45, 2.75) is 32.7 Å².